The number of benzene rings is 2. The molecule has 8 heteroatoms. The van der Waals surface area contributed by atoms with Crippen molar-refractivity contribution in [2.75, 3.05) is 7.11 Å². The first kappa shape index (κ1) is 24.6. The number of nitrogens with one attached hydrogen (secondary N) is 1. The summed E-state index contributed by atoms with van der Waals surface area (Å²) < 4.78 is 13.1. The Labute approximate surface area is 199 Å². The van der Waals surface area contributed by atoms with Gasteiger partial charge in [-0.2, -0.15) is 0 Å². The molecule has 1 heterocycles. The number of hydrogen-bond acceptors (Lipinski definition) is 6. The van der Waals surface area contributed by atoms with Crippen LogP contribution in [0.25, 0.3) is 0 Å². The van der Waals surface area contributed by atoms with Crippen LogP contribution in [-0.4, -0.2) is 33.0 Å². The maximum atomic E-state index is 12.7. The van der Waals surface area contributed by atoms with Crippen molar-refractivity contribution in [1.82, 2.24) is 20.1 Å². The van der Waals surface area contributed by atoms with Crippen molar-refractivity contribution in [2.24, 2.45) is 5.92 Å². The molecule has 0 aliphatic rings. The number of amides is 1. The van der Waals surface area contributed by atoms with E-state index < -0.39 is 0 Å². The summed E-state index contributed by atoms with van der Waals surface area (Å²) in [6.07, 6.45) is 0.988. The molecule has 176 valence electrons. The van der Waals surface area contributed by atoms with Gasteiger partial charge in [0.05, 0.1) is 12.4 Å². The van der Waals surface area contributed by atoms with Gasteiger partial charge in [0, 0.05) is 13.1 Å². The molecule has 3 aromatic rings. The van der Waals surface area contributed by atoms with Gasteiger partial charge in [0.25, 0.3) is 0 Å². The highest BCUT2D eigenvalue weighted by Gasteiger charge is 2.20. The first-order valence-corrected chi connectivity index (χ1v) is 12.0. The molecular weight excluding hydrogens is 436 g/mol. The normalized spacial score (nSPS) is 11.9. The van der Waals surface area contributed by atoms with Crippen LogP contribution in [0.3, 0.4) is 0 Å². The average molecular weight is 469 g/mol. The van der Waals surface area contributed by atoms with Crippen molar-refractivity contribution in [1.29, 1.82) is 0 Å². The lowest BCUT2D eigenvalue weighted by atomic mass is 10.1. The van der Waals surface area contributed by atoms with Crippen LogP contribution >= 0.6 is 11.8 Å². The quantitative estimate of drug-likeness (QED) is 0.388. The van der Waals surface area contributed by atoms with E-state index in [0.717, 1.165) is 41.0 Å². The molecule has 0 radical (unpaired) electrons. The van der Waals surface area contributed by atoms with E-state index in [2.05, 4.69) is 33.9 Å². The fourth-order valence-corrected chi connectivity index (χ4v) is 4.00. The zero-order valence-electron chi connectivity index (χ0n) is 19.7. The van der Waals surface area contributed by atoms with E-state index in [4.69, 9.17) is 9.47 Å². The predicted molar refractivity (Wildman–Crippen MR) is 130 cm³/mol. The molecule has 0 fully saturated rings. The van der Waals surface area contributed by atoms with E-state index >= 15 is 0 Å². The van der Waals surface area contributed by atoms with Crippen LogP contribution in [0.2, 0.25) is 0 Å². The van der Waals surface area contributed by atoms with Gasteiger partial charge in [0.15, 0.2) is 11.0 Å². The van der Waals surface area contributed by atoms with Gasteiger partial charge >= 0.3 is 0 Å². The van der Waals surface area contributed by atoms with Crippen molar-refractivity contribution in [3.63, 3.8) is 0 Å². The van der Waals surface area contributed by atoms with Crippen LogP contribution in [0.5, 0.6) is 11.5 Å². The van der Waals surface area contributed by atoms with E-state index in [1.54, 1.807) is 7.11 Å². The summed E-state index contributed by atoms with van der Waals surface area (Å²) in [5, 5.41) is 12.1. The number of ether oxygens (including phenoxy) is 2. The standard InChI is InChI=1S/C25H32N4O3S/c1-18(2)14-15-29-23(17-32-22-8-6-5-7-9-22)27-28-25(29)33-19(3)24(30)26-16-20-10-12-21(31-4)13-11-20/h5-13,18-19H,14-17H2,1-4H3,(H,26,30). The minimum Gasteiger partial charge on any atom is -0.497 e. The van der Waals surface area contributed by atoms with Crippen LogP contribution in [0.4, 0.5) is 0 Å². The maximum absolute atomic E-state index is 12.7. The molecule has 0 saturated carbocycles. The minimum atomic E-state index is -0.312. The lowest BCUT2D eigenvalue weighted by Crippen LogP contribution is -2.30. The van der Waals surface area contributed by atoms with Gasteiger partial charge in [0.2, 0.25) is 5.91 Å². The number of hydrogen-bond donors (Lipinski definition) is 1. The number of aromatic nitrogens is 3. The summed E-state index contributed by atoms with van der Waals surface area (Å²) in [4.78, 5) is 12.7. The lowest BCUT2D eigenvalue weighted by molar-refractivity contribution is -0.120. The Morgan fingerprint density at radius 1 is 1.03 bits per heavy atom. The van der Waals surface area contributed by atoms with Crippen molar-refractivity contribution in [3.8, 4) is 11.5 Å². The molecule has 0 aliphatic carbocycles. The Morgan fingerprint density at radius 3 is 2.42 bits per heavy atom. The molecule has 1 aromatic heterocycles. The number of rotatable bonds is 12. The second-order valence-corrected chi connectivity index (χ2v) is 9.47. The van der Waals surface area contributed by atoms with Crippen molar-refractivity contribution < 1.29 is 14.3 Å². The highest BCUT2D eigenvalue weighted by atomic mass is 32.2. The van der Waals surface area contributed by atoms with Crippen molar-refractivity contribution >= 4 is 17.7 Å². The van der Waals surface area contributed by atoms with Gasteiger partial charge in [-0.3, -0.25) is 4.79 Å². The van der Waals surface area contributed by atoms with E-state index in [1.807, 2.05) is 61.5 Å². The lowest BCUT2D eigenvalue weighted by Gasteiger charge is -2.15. The van der Waals surface area contributed by atoms with Gasteiger partial charge in [-0.05, 0) is 49.1 Å². The number of carbonyl (C=O) groups excluding carboxylic acids is 1. The molecule has 7 nitrogen and oxygen atoms in total. The Kier molecular flexibility index (Phi) is 9.18. The summed E-state index contributed by atoms with van der Waals surface area (Å²) in [6, 6.07) is 17.3. The maximum Gasteiger partial charge on any atom is 0.233 e. The molecule has 3 rings (SSSR count). The highest BCUT2D eigenvalue weighted by Crippen LogP contribution is 2.24. The summed E-state index contributed by atoms with van der Waals surface area (Å²) in [5.74, 6) is 2.83. The summed E-state index contributed by atoms with van der Waals surface area (Å²) in [7, 11) is 1.63. The van der Waals surface area contributed by atoms with Crippen LogP contribution in [0, 0.1) is 5.92 Å². The van der Waals surface area contributed by atoms with Crippen LogP contribution in [0.1, 0.15) is 38.6 Å². The van der Waals surface area contributed by atoms with Crippen molar-refractivity contribution in [2.45, 2.75) is 57.3 Å². The topological polar surface area (TPSA) is 78.3 Å². The first-order chi connectivity index (χ1) is 16.0. The molecule has 1 atom stereocenters. The number of nitrogens with zero attached hydrogens (tertiary/aromatic N) is 3. The molecule has 0 spiro atoms. The van der Waals surface area contributed by atoms with Crippen LogP contribution < -0.4 is 14.8 Å². The molecule has 0 saturated heterocycles. The second-order valence-electron chi connectivity index (χ2n) is 8.16. The average Bonchev–Trinajstić information content (AvgIpc) is 3.21. The zero-order chi connectivity index (χ0) is 23.6. The second kappa shape index (κ2) is 12.3. The molecule has 1 N–H and O–H groups in total. The van der Waals surface area contributed by atoms with Gasteiger partial charge in [-0.15, -0.1) is 10.2 Å². The predicted octanol–water partition coefficient (Wildman–Crippen LogP) is 4.71. The Hall–Kier alpha value is -3.00. The fourth-order valence-electron chi connectivity index (χ4n) is 3.08. The zero-order valence-corrected chi connectivity index (χ0v) is 20.5. The van der Waals surface area contributed by atoms with Crippen molar-refractivity contribution in [3.05, 3.63) is 66.0 Å². The molecule has 0 aliphatic heterocycles. The Balaban J connectivity index is 1.62. The van der Waals surface area contributed by atoms with Gasteiger partial charge in [-0.1, -0.05) is 55.9 Å². The van der Waals surface area contributed by atoms with Crippen LogP contribution in [-0.2, 0) is 24.5 Å². The number of thioether (sulfide) groups is 1. The molecule has 33 heavy (non-hydrogen) atoms. The third kappa shape index (κ3) is 7.53. The smallest absolute Gasteiger partial charge is 0.233 e. The third-order valence-electron chi connectivity index (χ3n) is 5.11. The van der Waals surface area contributed by atoms with Crippen LogP contribution in [0.15, 0.2) is 59.8 Å². The first-order valence-electron chi connectivity index (χ1n) is 11.1. The highest BCUT2D eigenvalue weighted by molar-refractivity contribution is 8.00. The fraction of sp³-hybridized carbons (Fsp3) is 0.400. The molecule has 1 amide bonds. The minimum absolute atomic E-state index is 0.0451. The summed E-state index contributed by atoms with van der Waals surface area (Å²) in [5.41, 5.74) is 1.02. The van der Waals surface area contributed by atoms with Gasteiger partial charge < -0.3 is 19.4 Å². The number of para-hydroxylation sites is 1. The van der Waals surface area contributed by atoms with E-state index in [1.165, 1.54) is 11.8 Å². The Morgan fingerprint density at radius 2 is 1.76 bits per heavy atom. The van der Waals surface area contributed by atoms with Gasteiger partial charge in [-0.25, -0.2) is 0 Å². The largest absolute Gasteiger partial charge is 0.497 e. The number of methoxy groups -OCH3 is 1. The molecule has 0 bridgehead atoms. The van der Waals surface area contributed by atoms with Gasteiger partial charge in [0.1, 0.15) is 18.1 Å². The Bertz CT molecular complexity index is 1010. The monoisotopic (exact) mass is 468 g/mol. The summed E-state index contributed by atoms with van der Waals surface area (Å²) in [6.45, 7) is 7.83. The number of carbonyl (C=O) groups is 1. The molecule has 1 unspecified atom stereocenters. The summed E-state index contributed by atoms with van der Waals surface area (Å²) >= 11 is 1.42. The third-order valence-corrected chi connectivity index (χ3v) is 6.19. The van der Waals surface area contributed by atoms with E-state index in [-0.39, 0.29) is 11.2 Å². The van der Waals surface area contributed by atoms with E-state index in [0.29, 0.717) is 19.1 Å². The SMILES string of the molecule is COc1ccc(CNC(=O)C(C)Sc2nnc(COc3ccccc3)n2CCC(C)C)cc1. The molecule has 2 aromatic carbocycles. The van der Waals surface area contributed by atoms with E-state index in [9.17, 15) is 4.79 Å². The molecular formula is C25H32N4O3S.